The van der Waals surface area contributed by atoms with E-state index in [0.29, 0.717) is 22.0 Å². The molecule has 0 aliphatic heterocycles. The van der Waals surface area contributed by atoms with E-state index < -0.39 is 17.6 Å². The molecule has 33 heavy (non-hydrogen) atoms. The summed E-state index contributed by atoms with van der Waals surface area (Å²) in [7, 11) is 0. The lowest BCUT2D eigenvalue weighted by Crippen LogP contribution is -2.32. The topological polar surface area (TPSA) is 109 Å². The monoisotopic (exact) mass is 468 g/mol. The van der Waals surface area contributed by atoms with Gasteiger partial charge in [-0.3, -0.25) is 14.4 Å². The van der Waals surface area contributed by atoms with Crippen LogP contribution in [0.15, 0.2) is 77.9 Å². The molecule has 0 heterocycles. The minimum atomic E-state index is -1.09. The quantitative estimate of drug-likeness (QED) is 0.280. The number of benzene rings is 3. The van der Waals surface area contributed by atoms with Crippen molar-refractivity contribution in [3.63, 3.8) is 0 Å². The largest absolute Gasteiger partial charge is 0.483 e. The summed E-state index contributed by atoms with van der Waals surface area (Å²) in [6.45, 7) is -0.273. The third-order valence-electron chi connectivity index (χ3n) is 4.10. The molecule has 0 aromatic heterocycles. The Bertz CT molecular complexity index is 1190. The molecule has 8 nitrogen and oxygen atoms in total. The Morgan fingerprint density at radius 3 is 2.36 bits per heavy atom. The van der Waals surface area contributed by atoms with Crippen molar-refractivity contribution in [2.24, 2.45) is 5.10 Å². The molecule has 0 atom stereocenters. The van der Waals surface area contributed by atoms with Crippen molar-refractivity contribution in [3.8, 4) is 5.75 Å². The summed E-state index contributed by atoms with van der Waals surface area (Å²) in [5, 5.41) is 9.09. The standard InChI is InChI=1S/C23H18ClFN4O4/c24-16-9-11-17(12-10-16)27-21(30)14-33-20-8-4-1-5-15(20)13-26-29-23(32)22(31)28-19-7-3-2-6-18(19)25/h1-13H,14H2,(H,27,30)(H,28,31)(H,29,32)/b26-13-. The van der Waals surface area contributed by atoms with Crippen LogP contribution >= 0.6 is 11.6 Å². The van der Waals surface area contributed by atoms with Gasteiger partial charge < -0.3 is 15.4 Å². The number of rotatable bonds is 7. The van der Waals surface area contributed by atoms with Gasteiger partial charge in [0.05, 0.1) is 11.9 Å². The summed E-state index contributed by atoms with van der Waals surface area (Å²) in [5.41, 5.74) is 2.94. The maximum Gasteiger partial charge on any atom is 0.329 e. The van der Waals surface area contributed by atoms with Gasteiger partial charge in [0.15, 0.2) is 6.61 Å². The fraction of sp³-hybridized carbons (Fsp3) is 0.0435. The van der Waals surface area contributed by atoms with E-state index in [0.717, 1.165) is 6.07 Å². The number of carbonyl (C=O) groups is 3. The number of para-hydroxylation sites is 2. The molecule has 0 saturated carbocycles. The highest BCUT2D eigenvalue weighted by Crippen LogP contribution is 2.17. The number of nitrogens with zero attached hydrogens (tertiary/aromatic N) is 1. The van der Waals surface area contributed by atoms with E-state index in [9.17, 15) is 18.8 Å². The number of nitrogens with one attached hydrogen (secondary N) is 3. The SMILES string of the molecule is O=C(COc1ccccc1/C=N\NC(=O)C(=O)Nc1ccccc1F)Nc1ccc(Cl)cc1. The number of ether oxygens (including phenoxy) is 1. The van der Waals surface area contributed by atoms with Crippen LogP contribution in [0, 0.1) is 5.82 Å². The molecule has 3 rings (SSSR count). The lowest BCUT2D eigenvalue weighted by Gasteiger charge is -2.09. The second-order valence-electron chi connectivity index (χ2n) is 6.51. The summed E-state index contributed by atoms with van der Waals surface area (Å²) in [4.78, 5) is 35.9. The van der Waals surface area contributed by atoms with E-state index in [1.54, 1.807) is 48.5 Å². The van der Waals surface area contributed by atoms with Crippen molar-refractivity contribution in [2.45, 2.75) is 0 Å². The van der Waals surface area contributed by atoms with Crippen molar-refractivity contribution in [1.82, 2.24) is 5.43 Å². The molecule has 0 spiro atoms. The zero-order valence-corrected chi connectivity index (χ0v) is 17.8. The molecule has 0 radical (unpaired) electrons. The first-order valence-corrected chi connectivity index (χ1v) is 9.96. The Morgan fingerprint density at radius 1 is 0.909 bits per heavy atom. The molecule has 0 fully saturated rings. The van der Waals surface area contributed by atoms with Crippen LogP contribution < -0.4 is 20.8 Å². The Labute approximate surface area is 193 Å². The van der Waals surface area contributed by atoms with Crippen LogP contribution in [-0.4, -0.2) is 30.5 Å². The van der Waals surface area contributed by atoms with Gasteiger partial charge >= 0.3 is 11.8 Å². The predicted molar refractivity (Wildman–Crippen MR) is 123 cm³/mol. The smallest absolute Gasteiger partial charge is 0.329 e. The van der Waals surface area contributed by atoms with Crippen molar-refractivity contribution in [3.05, 3.63) is 89.2 Å². The van der Waals surface area contributed by atoms with E-state index >= 15 is 0 Å². The molecule has 3 amide bonds. The van der Waals surface area contributed by atoms with Crippen LogP contribution in [0.5, 0.6) is 5.75 Å². The fourth-order valence-electron chi connectivity index (χ4n) is 2.55. The van der Waals surface area contributed by atoms with E-state index in [4.69, 9.17) is 16.3 Å². The third kappa shape index (κ3) is 7.15. The Morgan fingerprint density at radius 2 is 1.61 bits per heavy atom. The van der Waals surface area contributed by atoms with Gasteiger partial charge in [-0.25, -0.2) is 9.82 Å². The molecule has 0 saturated heterocycles. The molecule has 0 aliphatic carbocycles. The van der Waals surface area contributed by atoms with Crippen LogP contribution in [0.25, 0.3) is 0 Å². The molecule has 3 aromatic carbocycles. The van der Waals surface area contributed by atoms with Gasteiger partial charge in [0.2, 0.25) is 0 Å². The molecule has 3 aromatic rings. The Balaban J connectivity index is 1.53. The molecule has 10 heteroatoms. The normalized spacial score (nSPS) is 10.5. The summed E-state index contributed by atoms with van der Waals surface area (Å²) < 4.78 is 19.1. The highest BCUT2D eigenvalue weighted by Gasteiger charge is 2.14. The van der Waals surface area contributed by atoms with E-state index in [-0.39, 0.29) is 18.2 Å². The number of carbonyl (C=O) groups excluding carboxylic acids is 3. The van der Waals surface area contributed by atoms with Gasteiger partial charge in [-0.2, -0.15) is 5.10 Å². The van der Waals surface area contributed by atoms with Gasteiger partial charge in [-0.15, -0.1) is 0 Å². The molecule has 0 unspecified atom stereocenters. The second kappa shape index (κ2) is 11.4. The maximum absolute atomic E-state index is 13.6. The Kier molecular flexibility index (Phi) is 8.09. The summed E-state index contributed by atoms with van der Waals surface area (Å²) in [5.74, 6) is -2.90. The molecule has 3 N–H and O–H groups in total. The molecule has 0 aliphatic rings. The van der Waals surface area contributed by atoms with Crippen molar-refractivity contribution >= 4 is 46.9 Å². The summed E-state index contributed by atoms with van der Waals surface area (Å²) in [6, 6.07) is 18.7. The van der Waals surface area contributed by atoms with Gasteiger partial charge in [-0.1, -0.05) is 35.9 Å². The third-order valence-corrected chi connectivity index (χ3v) is 4.36. The van der Waals surface area contributed by atoms with Gasteiger partial charge in [0, 0.05) is 16.3 Å². The zero-order valence-electron chi connectivity index (χ0n) is 17.0. The minimum Gasteiger partial charge on any atom is -0.483 e. The van der Waals surface area contributed by atoms with Crippen molar-refractivity contribution in [1.29, 1.82) is 0 Å². The van der Waals surface area contributed by atoms with Crippen LogP contribution in [0.4, 0.5) is 15.8 Å². The number of hydrogen-bond acceptors (Lipinski definition) is 5. The summed E-state index contributed by atoms with van der Waals surface area (Å²) >= 11 is 5.81. The van der Waals surface area contributed by atoms with E-state index in [1.165, 1.54) is 24.4 Å². The van der Waals surface area contributed by atoms with Crippen LogP contribution in [-0.2, 0) is 14.4 Å². The number of halogens is 2. The average Bonchev–Trinajstić information content (AvgIpc) is 2.81. The minimum absolute atomic E-state index is 0.128. The van der Waals surface area contributed by atoms with Gasteiger partial charge in [-0.05, 0) is 48.5 Å². The fourth-order valence-corrected chi connectivity index (χ4v) is 2.67. The van der Waals surface area contributed by atoms with Crippen LogP contribution in [0.2, 0.25) is 5.02 Å². The van der Waals surface area contributed by atoms with Crippen LogP contribution in [0.3, 0.4) is 0 Å². The Hall–Kier alpha value is -4.24. The molecular formula is C23H18ClFN4O4. The highest BCUT2D eigenvalue weighted by atomic mass is 35.5. The van der Waals surface area contributed by atoms with Crippen LogP contribution in [0.1, 0.15) is 5.56 Å². The predicted octanol–water partition coefficient (Wildman–Crippen LogP) is 3.59. The number of amides is 3. The molecule has 0 bridgehead atoms. The second-order valence-corrected chi connectivity index (χ2v) is 6.95. The van der Waals surface area contributed by atoms with Crippen molar-refractivity contribution in [2.75, 3.05) is 17.2 Å². The summed E-state index contributed by atoms with van der Waals surface area (Å²) in [6.07, 6.45) is 1.25. The highest BCUT2D eigenvalue weighted by molar-refractivity contribution is 6.39. The van der Waals surface area contributed by atoms with E-state index in [1.807, 2.05) is 0 Å². The van der Waals surface area contributed by atoms with E-state index in [2.05, 4.69) is 21.2 Å². The number of hydrogen-bond donors (Lipinski definition) is 3. The zero-order chi connectivity index (χ0) is 23.6. The van der Waals surface area contributed by atoms with Crippen molar-refractivity contribution < 1.29 is 23.5 Å². The first kappa shape index (κ1) is 23.4. The number of hydrazone groups is 1. The lowest BCUT2D eigenvalue weighted by atomic mass is 10.2. The molecule has 168 valence electrons. The van der Waals surface area contributed by atoms with Gasteiger partial charge in [0.25, 0.3) is 5.91 Å². The van der Waals surface area contributed by atoms with Gasteiger partial charge in [0.1, 0.15) is 11.6 Å². The number of anilines is 2. The first-order chi connectivity index (χ1) is 15.9. The maximum atomic E-state index is 13.6. The lowest BCUT2D eigenvalue weighted by molar-refractivity contribution is -0.136. The average molecular weight is 469 g/mol. The molecular weight excluding hydrogens is 451 g/mol. The first-order valence-electron chi connectivity index (χ1n) is 9.58.